The monoisotopic (exact) mass is 356 g/mol. The zero-order chi connectivity index (χ0) is 15.8. The average Bonchev–Trinajstić information content (AvgIpc) is 2.44. The number of ether oxygens (including phenoxy) is 2. The fourth-order valence-corrected chi connectivity index (χ4v) is 2.07. The van der Waals surface area contributed by atoms with Gasteiger partial charge in [0.15, 0.2) is 0 Å². The summed E-state index contributed by atoms with van der Waals surface area (Å²) in [5.74, 6) is -0.0611. The first-order chi connectivity index (χ1) is 9.92. The molecule has 0 aliphatic rings. The van der Waals surface area contributed by atoms with Crippen LogP contribution in [0, 0.1) is 5.92 Å². The molecule has 0 saturated carbocycles. The molecule has 1 aromatic rings. The van der Waals surface area contributed by atoms with Gasteiger partial charge >= 0.3 is 11.9 Å². The highest BCUT2D eigenvalue weighted by molar-refractivity contribution is 9.10. The predicted molar refractivity (Wildman–Crippen MR) is 84.0 cm³/mol. The Morgan fingerprint density at radius 1 is 1.10 bits per heavy atom. The van der Waals surface area contributed by atoms with Crippen molar-refractivity contribution in [2.24, 2.45) is 5.92 Å². The molecule has 4 nitrogen and oxygen atoms in total. The Kier molecular flexibility index (Phi) is 7.43. The van der Waals surface area contributed by atoms with Gasteiger partial charge in [0.25, 0.3) is 0 Å². The molecule has 0 aromatic heterocycles. The Labute approximate surface area is 133 Å². The van der Waals surface area contributed by atoms with Crippen LogP contribution in [0.4, 0.5) is 0 Å². The molecule has 0 heterocycles. The fraction of sp³-hybridized carbons (Fsp3) is 0.500. The number of benzene rings is 1. The maximum absolute atomic E-state index is 11.7. The molecule has 0 saturated heterocycles. The average molecular weight is 357 g/mol. The molecule has 0 fully saturated rings. The molecular formula is C16H21BrO4. The molecule has 0 aliphatic heterocycles. The van der Waals surface area contributed by atoms with Crippen LogP contribution in [0.3, 0.4) is 0 Å². The van der Waals surface area contributed by atoms with Crippen molar-refractivity contribution in [3.63, 3.8) is 0 Å². The third kappa shape index (κ3) is 6.76. The van der Waals surface area contributed by atoms with E-state index in [1.54, 1.807) is 24.3 Å². The standard InChI is InChI=1S/C16H21BrO4/c1-4-14(11(2)3)21-16(19)10-9-15(18)20-13-7-5-12(17)6-8-13/h5-8,11,14H,4,9-10H2,1-3H3. The van der Waals surface area contributed by atoms with Crippen molar-refractivity contribution in [1.82, 2.24) is 0 Å². The highest BCUT2D eigenvalue weighted by atomic mass is 79.9. The molecule has 21 heavy (non-hydrogen) atoms. The van der Waals surface area contributed by atoms with Crippen LogP contribution in [0.5, 0.6) is 5.75 Å². The summed E-state index contributed by atoms with van der Waals surface area (Å²) in [5, 5.41) is 0. The van der Waals surface area contributed by atoms with Gasteiger partial charge < -0.3 is 9.47 Å². The molecule has 0 radical (unpaired) electrons. The van der Waals surface area contributed by atoms with Crippen LogP contribution in [-0.2, 0) is 14.3 Å². The molecule has 1 unspecified atom stereocenters. The molecule has 0 aliphatic carbocycles. The van der Waals surface area contributed by atoms with E-state index in [1.165, 1.54) is 0 Å². The van der Waals surface area contributed by atoms with E-state index < -0.39 is 5.97 Å². The number of halogens is 1. The van der Waals surface area contributed by atoms with Gasteiger partial charge in [-0.2, -0.15) is 0 Å². The van der Waals surface area contributed by atoms with E-state index in [0.29, 0.717) is 5.75 Å². The maximum Gasteiger partial charge on any atom is 0.311 e. The zero-order valence-corrected chi connectivity index (χ0v) is 14.2. The zero-order valence-electron chi connectivity index (χ0n) is 12.6. The quantitative estimate of drug-likeness (QED) is 0.544. The van der Waals surface area contributed by atoms with Crippen LogP contribution in [0.1, 0.15) is 40.0 Å². The molecule has 1 aromatic carbocycles. The lowest BCUT2D eigenvalue weighted by atomic mass is 10.1. The first-order valence-electron chi connectivity index (χ1n) is 7.08. The normalized spacial score (nSPS) is 12.0. The van der Waals surface area contributed by atoms with Gasteiger partial charge in [-0.05, 0) is 36.6 Å². The summed E-state index contributed by atoms with van der Waals surface area (Å²) < 4.78 is 11.4. The minimum Gasteiger partial charge on any atom is -0.462 e. The number of carbonyl (C=O) groups excluding carboxylic acids is 2. The summed E-state index contributed by atoms with van der Waals surface area (Å²) in [6, 6.07) is 6.94. The topological polar surface area (TPSA) is 52.6 Å². The van der Waals surface area contributed by atoms with Crippen molar-refractivity contribution in [1.29, 1.82) is 0 Å². The summed E-state index contributed by atoms with van der Waals surface area (Å²) in [6.45, 7) is 5.98. The molecule has 0 spiro atoms. The van der Waals surface area contributed by atoms with Crippen LogP contribution in [0.2, 0.25) is 0 Å². The lowest BCUT2D eigenvalue weighted by Gasteiger charge is -2.19. The van der Waals surface area contributed by atoms with E-state index in [4.69, 9.17) is 9.47 Å². The Balaban J connectivity index is 2.35. The number of esters is 2. The Hall–Kier alpha value is -1.36. The first-order valence-corrected chi connectivity index (χ1v) is 7.87. The molecule has 0 amide bonds. The second-order valence-electron chi connectivity index (χ2n) is 5.11. The SMILES string of the molecule is CCC(OC(=O)CCC(=O)Oc1ccc(Br)cc1)C(C)C. The van der Waals surface area contributed by atoms with E-state index >= 15 is 0 Å². The van der Waals surface area contributed by atoms with Crippen molar-refractivity contribution in [2.75, 3.05) is 0 Å². The third-order valence-electron chi connectivity index (χ3n) is 3.01. The van der Waals surface area contributed by atoms with E-state index in [1.807, 2.05) is 20.8 Å². The van der Waals surface area contributed by atoms with E-state index in [2.05, 4.69) is 15.9 Å². The van der Waals surface area contributed by atoms with Gasteiger partial charge in [-0.3, -0.25) is 9.59 Å². The smallest absolute Gasteiger partial charge is 0.311 e. The van der Waals surface area contributed by atoms with Gasteiger partial charge in [0, 0.05) is 4.47 Å². The minimum absolute atomic E-state index is 0.0173. The largest absolute Gasteiger partial charge is 0.462 e. The van der Waals surface area contributed by atoms with E-state index in [0.717, 1.165) is 10.9 Å². The molecule has 5 heteroatoms. The maximum atomic E-state index is 11.7. The highest BCUT2D eigenvalue weighted by Gasteiger charge is 2.17. The van der Waals surface area contributed by atoms with Gasteiger partial charge in [-0.15, -0.1) is 0 Å². The fourth-order valence-electron chi connectivity index (χ4n) is 1.81. The van der Waals surface area contributed by atoms with Crippen molar-refractivity contribution in [2.45, 2.75) is 46.1 Å². The van der Waals surface area contributed by atoms with E-state index in [-0.39, 0.29) is 30.8 Å². The van der Waals surface area contributed by atoms with Crippen molar-refractivity contribution >= 4 is 27.9 Å². The third-order valence-corrected chi connectivity index (χ3v) is 3.54. The predicted octanol–water partition coefficient (Wildman–Crippen LogP) is 4.11. The second-order valence-corrected chi connectivity index (χ2v) is 6.02. The van der Waals surface area contributed by atoms with Gasteiger partial charge in [-0.25, -0.2) is 0 Å². The Morgan fingerprint density at radius 2 is 1.67 bits per heavy atom. The number of hydrogen-bond donors (Lipinski definition) is 0. The van der Waals surface area contributed by atoms with Crippen LogP contribution >= 0.6 is 15.9 Å². The number of rotatable bonds is 7. The summed E-state index contributed by atoms with van der Waals surface area (Å²) in [7, 11) is 0. The van der Waals surface area contributed by atoms with Gasteiger partial charge in [0.05, 0.1) is 12.8 Å². The van der Waals surface area contributed by atoms with Crippen molar-refractivity contribution in [3.05, 3.63) is 28.7 Å². The van der Waals surface area contributed by atoms with Gasteiger partial charge in [0.1, 0.15) is 11.9 Å². The Morgan fingerprint density at radius 3 is 2.19 bits per heavy atom. The Bertz CT molecular complexity index is 468. The summed E-state index contributed by atoms with van der Waals surface area (Å²) in [6.07, 6.45) is 0.731. The minimum atomic E-state index is -0.438. The van der Waals surface area contributed by atoms with Crippen molar-refractivity contribution in [3.8, 4) is 5.75 Å². The second kappa shape index (κ2) is 8.82. The van der Waals surface area contributed by atoms with Crippen LogP contribution in [0.25, 0.3) is 0 Å². The first kappa shape index (κ1) is 17.7. The van der Waals surface area contributed by atoms with Crippen LogP contribution < -0.4 is 4.74 Å². The summed E-state index contributed by atoms with van der Waals surface area (Å²) in [4.78, 5) is 23.3. The summed E-state index contributed by atoms with van der Waals surface area (Å²) >= 11 is 3.30. The molecule has 1 atom stereocenters. The molecule has 0 bridgehead atoms. The lowest BCUT2D eigenvalue weighted by Crippen LogP contribution is -2.23. The number of hydrogen-bond acceptors (Lipinski definition) is 4. The van der Waals surface area contributed by atoms with Crippen LogP contribution in [0.15, 0.2) is 28.7 Å². The van der Waals surface area contributed by atoms with Gasteiger partial charge in [0.2, 0.25) is 0 Å². The van der Waals surface area contributed by atoms with Crippen LogP contribution in [-0.4, -0.2) is 18.0 Å². The molecular weight excluding hydrogens is 336 g/mol. The lowest BCUT2D eigenvalue weighted by molar-refractivity contribution is -0.153. The summed E-state index contributed by atoms with van der Waals surface area (Å²) in [5.41, 5.74) is 0. The van der Waals surface area contributed by atoms with Gasteiger partial charge in [-0.1, -0.05) is 36.7 Å². The number of carbonyl (C=O) groups is 2. The molecule has 116 valence electrons. The molecule has 0 N–H and O–H groups in total. The van der Waals surface area contributed by atoms with Crippen molar-refractivity contribution < 1.29 is 19.1 Å². The highest BCUT2D eigenvalue weighted by Crippen LogP contribution is 2.17. The van der Waals surface area contributed by atoms with E-state index in [9.17, 15) is 9.59 Å². The molecule has 1 rings (SSSR count).